The summed E-state index contributed by atoms with van der Waals surface area (Å²) in [5.41, 5.74) is 6.77. The predicted octanol–water partition coefficient (Wildman–Crippen LogP) is 1.63. The van der Waals surface area contributed by atoms with Gasteiger partial charge in [-0.3, -0.25) is 0 Å². The predicted molar refractivity (Wildman–Crippen MR) is 54.1 cm³/mol. The van der Waals surface area contributed by atoms with Crippen molar-refractivity contribution in [2.45, 2.75) is 5.75 Å². The quantitative estimate of drug-likeness (QED) is 0.575. The monoisotopic (exact) mass is 201 g/mol. The Bertz CT molecular complexity index is 260. The first-order chi connectivity index (χ1) is 6.22. The highest BCUT2D eigenvalue weighted by molar-refractivity contribution is 7.98. The van der Waals surface area contributed by atoms with E-state index in [1.54, 1.807) is 17.8 Å². The number of halogens is 1. The average molecular weight is 201 g/mol. The largest absolute Gasteiger partial charge is 0.399 e. The van der Waals surface area contributed by atoms with Gasteiger partial charge in [0.15, 0.2) is 0 Å². The molecule has 1 rings (SSSR count). The lowest BCUT2D eigenvalue weighted by molar-refractivity contribution is 0.322. The minimum Gasteiger partial charge on any atom is -0.399 e. The van der Waals surface area contributed by atoms with Crippen LogP contribution in [0.2, 0.25) is 0 Å². The number of hydrogen-bond donors (Lipinski definition) is 2. The van der Waals surface area contributed by atoms with E-state index in [1.165, 1.54) is 12.1 Å². The first-order valence-electron chi connectivity index (χ1n) is 3.96. The standard InChI is InChI=1S/C9H12FNOS/c10-8-3-7(4-9(11)5-8)6-13-2-1-12/h3-5,12H,1-2,6,11H2. The van der Waals surface area contributed by atoms with Gasteiger partial charge in [0.25, 0.3) is 0 Å². The lowest BCUT2D eigenvalue weighted by atomic mass is 10.2. The molecule has 1 aromatic rings. The van der Waals surface area contributed by atoms with E-state index in [-0.39, 0.29) is 12.4 Å². The molecule has 0 saturated heterocycles. The summed E-state index contributed by atoms with van der Waals surface area (Å²) in [4.78, 5) is 0. The molecule has 0 unspecified atom stereocenters. The Morgan fingerprint density at radius 2 is 2.15 bits per heavy atom. The number of nitrogen functional groups attached to an aromatic ring is 1. The maximum Gasteiger partial charge on any atom is 0.125 e. The summed E-state index contributed by atoms with van der Waals surface area (Å²) in [5.74, 6) is 1.04. The van der Waals surface area contributed by atoms with E-state index in [1.807, 2.05) is 0 Å². The van der Waals surface area contributed by atoms with Crippen LogP contribution in [0.4, 0.5) is 10.1 Å². The molecule has 0 saturated carbocycles. The van der Waals surface area contributed by atoms with Crippen molar-refractivity contribution in [3.63, 3.8) is 0 Å². The van der Waals surface area contributed by atoms with Crippen LogP contribution in [0, 0.1) is 5.82 Å². The Hall–Kier alpha value is -0.740. The highest BCUT2D eigenvalue weighted by Gasteiger charge is 1.98. The molecular formula is C9H12FNOS. The highest BCUT2D eigenvalue weighted by atomic mass is 32.2. The van der Waals surface area contributed by atoms with Crippen LogP contribution in [0.3, 0.4) is 0 Å². The van der Waals surface area contributed by atoms with Crippen LogP contribution in [0.15, 0.2) is 18.2 Å². The molecule has 4 heteroatoms. The van der Waals surface area contributed by atoms with Crippen molar-refractivity contribution in [1.29, 1.82) is 0 Å². The zero-order chi connectivity index (χ0) is 9.68. The van der Waals surface area contributed by atoms with Gasteiger partial charge in [-0.05, 0) is 23.8 Å². The topological polar surface area (TPSA) is 46.2 Å². The van der Waals surface area contributed by atoms with Gasteiger partial charge in [-0.15, -0.1) is 0 Å². The van der Waals surface area contributed by atoms with E-state index in [0.29, 0.717) is 17.2 Å². The molecular weight excluding hydrogens is 189 g/mol. The zero-order valence-corrected chi connectivity index (χ0v) is 7.98. The van der Waals surface area contributed by atoms with E-state index in [4.69, 9.17) is 10.8 Å². The molecule has 0 atom stereocenters. The van der Waals surface area contributed by atoms with Crippen LogP contribution < -0.4 is 5.73 Å². The molecule has 72 valence electrons. The van der Waals surface area contributed by atoms with E-state index in [0.717, 1.165) is 5.56 Å². The number of hydrogen-bond acceptors (Lipinski definition) is 3. The van der Waals surface area contributed by atoms with Crippen LogP contribution in [-0.2, 0) is 5.75 Å². The highest BCUT2D eigenvalue weighted by Crippen LogP contribution is 2.16. The van der Waals surface area contributed by atoms with Crippen LogP contribution in [-0.4, -0.2) is 17.5 Å². The van der Waals surface area contributed by atoms with Crippen molar-refractivity contribution in [3.8, 4) is 0 Å². The van der Waals surface area contributed by atoms with Crippen molar-refractivity contribution < 1.29 is 9.50 Å². The number of aliphatic hydroxyl groups is 1. The van der Waals surface area contributed by atoms with Gasteiger partial charge in [0.05, 0.1) is 6.61 Å². The number of benzene rings is 1. The van der Waals surface area contributed by atoms with Crippen molar-refractivity contribution in [3.05, 3.63) is 29.6 Å². The fraction of sp³-hybridized carbons (Fsp3) is 0.333. The van der Waals surface area contributed by atoms with Crippen molar-refractivity contribution in [2.75, 3.05) is 18.1 Å². The van der Waals surface area contributed by atoms with Crippen LogP contribution in [0.1, 0.15) is 5.56 Å². The molecule has 1 aromatic carbocycles. The van der Waals surface area contributed by atoms with E-state index in [2.05, 4.69) is 0 Å². The van der Waals surface area contributed by atoms with Crippen molar-refractivity contribution in [2.24, 2.45) is 0 Å². The molecule has 0 spiro atoms. The smallest absolute Gasteiger partial charge is 0.125 e. The van der Waals surface area contributed by atoms with Crippen molar-refractivity contribution >= 4 is 17.4 Å². The first-order valence-corrected chi connectivity index (χ1v) is 5.11. The third kappa shape index (κ3) is 3.65. The Kier molecular flexibility index (Phi) is 4.05. The summed E-state index contributed by atoms with van der Waals surface area (Å²) in [6.07, 6.45) is 0. The van der Waals surface area contributed by atoms with Gasteiger partial charge in [-0.1, -0.05) is 0 Å². The summed E-state index contributed by atoms with van der Waals surface area (Å²) in [6, 6.07) is 4.49. The third-order valence-corrected chi connectivity index (χ3v) is 2.49. The molecule has 0 aliphatic rings. The van der Waals surface area contributed by atoms with Gasteiger partial charge in [0.1, 0.15) is 5.82 Å². The third-order valence-electron chi connectivity index (χ3n) is 1.48. The average Bonchev–Trinajstić information content (AvgIpc) is 2.03. The minimum atomic E-state index is -0.306. The number of aliphatic hydroxyl groups excluding tert-OH is 1. The number of anilines is 1. The second-order valence-electron chi connectivity index (χ2n) is 2.67. The van der Waals surface area contributed by atoms with Gasteiger partial charge in [-0.25, -0.2) is 4.39 Å². The lowest BCUT2D eigenvalue weighted by Gasteiger charge is -2.02. The SMILES string of the molecule is Nc1cc(F)cc(CSCCO)c1. The maximum atomic E-state index is 12.8. The first kappa shape index (κ1) is 10.3. The molecule has 0 fully saturated rings. The molecule has 0 amide bonds. The second kappa shape index (κ2) is 5.09. The molecule has 2 nitrogen and oxygen atoms in total. The minimum absolute atomic E-state index is 0.148. The Balaban J connectivity index is 2.56. The molecule has 0 aliphatic carbocycles. The van der Waals surface area contributed by atoms with Gasteiger partial charge < -0.3 is 10.8 Å². The molecule has 13 heavy (non-hydrogen) atoms. The molecule has 0 aliphatic heterocycles. The van der Waals surface area contributed by atoms with Crippen LogP contribution in [0.25, 0.3) is 0 Å². The van der Waals surface area contributed by atoms with Gasteiger partial charge in [0.2, 0.25) is 0 Å². The van der Waals surface area contributed by atoms with E-state index in [9.17, 15) is 4.39 Å². The van der Waals surface area contributed by atoms with Crippen LogP contribution >= 0.6 is 11.8 Å². The van der Waals surface area contributed by atoms with E-state index < -0.39 is 0 Å². The number of rotatable bonds is 4. The second-order valence-corrected chi connectivity index (χ2v) is 3.77. The summed E-state index contributed by atoms with van der Waals surface area (Å²) < 4.78 is 12.8. The van der Waals surface area contributed by atoms with Gasteiger partial charge >= 0.3 is 0 Å². The molecule has 3 N–H and O–H groups in total. The van der Waals surface area contributed by atoms with Crippen molar-refractivity contribution in [1.82, 2.24) is 0 Å². The summed E-state index contributed by atoms with van der Waals surface area (Å²) in [5, 5.41) is 8.53. The summed E-state index contributed by atoms with van der Waals surface area (Å²) >= 11 is 1.55. The fourth-order valence-corrected chi connectivity index (χ4v) is 1.69. The Labute approximate surface area is 80.9 Å². The maximum absolute atomic E-state index is 12.8. The van der Waals surface area contributed by atoms with Crippen LogP contribution in [0.5, 0.6) is 0 Å². The normalized spacial score (nSPS) is 10.3. The Morgan fingerprint density at radius 3 is 2.77 bits per heavy atom. The zero-order valence-electron chi connectivity index (χ0n) is 7.16. The summed E-state index contributed by atoms with van der Waals surface area (Å²) in [7, 11) is 0. The molecule has 0 radical (unpaired) electrons. The number of thioether (sulfide) groups is 1. The fourth-order valence-electron chi connectivity index (χ4n) is 1.01. The number of nitrogens with two attached hydrogens (primary N) is 1. The van der Waals surface area contributed by atoms with Gasteiger partial charge in [0, 0.05) is 17.2 Å². The summed E-state index contributed by atoms with van der Waals surface area (Å²) in [6.45, 7) is 0.148. The molecule has 0 aromatic heterocycles. The molecule has 0 heterocycles. The lowest BCUT2D eigenvalue weighted by Crippen LogP contribution is -1.92. The van der Waals surface area contributed by atoms with E-state index >= 15 is 0 Å². The molecule has 0 bridgehead atoms. The Morgan fingerprint density at radius 1 is 1.38 bits per heavy atom. The van der Waals surface area contributed by atoms with Gasteiger partial charge in [-0.2, -0.15) is 11.8 Å².